The second kappa shape index (κ2) is 7.61. The molecule has 7 heteroatoms. The molecule has 0 bridgehead atoms. The van der Waals surface area contributed by atoms with Crippen molar-refractivity contribution >= 4 is 34.3 Å². The summed E-state index contributed by atoms with van der Waals surface area (Å²) < 4.78 is 8.32. The Labute approximate surface area is 185 Å². The smallest absolute Gasteiger partial charge is 0.317 e. The highest BCUT2D eigenvalue weighted by molar-refractivity contribution is 6.31. The molecule has 2 aliphatic rings. The van der Waals surface area contributed by atoms with Crippen LogP contribution < -0.4 is 10.1 Å². The molecular weight excluding hydrogens is 414 g/mol. The van der Waals surface area contributed by atoms with Crippen molar-refractivity contribution in [2.75, 3.05) is 13.1 Å². The fourth-order valence-electron chi connectivity index (χ4n) is 4.59. The number of ether oxygens (including phenoxy) is 1. The first kappa shape index (κ1) is 19.9. The number of nitrogens with zero attached hydrogens (tertiary/aromatic N) is 2. The predicted molar refractivity (Wildman–Crippen MR) is 120 cm³/mol. The van der Waals surface area contributed by atoms with Crippen molar-refractivity contribution in [3.8, 4) is 5.75 Å². The molecular formula is C24H24ClN3O3. The normalized spacial score (nSPS) is 17.5. The number of Topliss-reactive ketones (excluding diaryl/α,β-unsaturated/α-hetero) is 1. The fraction of sp³-hybridized carbons (Fsp3) is 0.333. The molecule has 3 aromatic rings. The minimum atomic E-state index is -0.535. The van der Waals surface area contributed by atoms with Crippen molar-refractivity contribution in [3.63, 3.8) is 0 Å². The van der Waals surface area contributed by atoms with Crippen LogP contribution in [0.3, 0.4) is 0 Å². The van der Waals surface area contributed by atoms with E-state index in [0.29, 0.717) is 55.2 Å². The molecule has 6 nitrogen and oxygen atoms in total. The summed E-state index contributed by atoms with van der Waals surface area (Å²) in [5.74, 6) is 0.646. The van der Waals surface area contributed by atoms with Gasteiger partial charge in [0.1, 0.15) is 11.4 Å². The van der Waals surface area contributed by atoms with Crippen molar-refractivity contribution < 1.29 is 14.3 Å². The zero-order valence-corrected chi connectivity index (χ0v) is 18.1. The Morgan fingerprint density at radius 3 is 2.77 bits per heavy atom. The molecule has 3 heterocycles. The molecule has 1 N–H and O–H groups in total. The first-order valence-electron chi connectivity index (χ1n) is 10.5. The van der Waals surface area contributed by atoms with Gasteiger partial charge in [0.15, 0.2) is 5.78 Å². The van der Waals surface area contributed by atoms with E-state index >= 15 is 0 Å². The van der Waals surface area contributed by atoms with Crippen molar-refractivity contribution in [1.82, 2.24) is 14.8 Å². The molecule has 0 saturated carbocycles. The van der Waals surface area contributed by atoms with Gasteiger partial charge in [-0.15, -0.1) is 0 Å². The number of carbonyl (C=O) groups excluding carboxylic acids is 2. The van der Waals surface area contributed by atoms with E-state index in [2.05, 4.69) is 28.1 Å². The molecule has 2 aromatic carbocycles. The topological polar surface area (TPSA) is 63.6 Å². The molecule has 31 heavy (non-hydrogen) atoms. The highest BCUT2D eigenvalue weighted by Gasteiger charge is 2.43. The van der Waals surface area contributed by atoms with Gasteiger partial charge in [0, 0.05) is 56.3 Å². The highest BCUT2D eigenvalue weighted by atomic mass is 35.5. The lowest BCUT2D eigenvalue weighted by Crippen LogP contribution is -2.54. The van der Waals surface area contributed by atoms with Crippen LogP contribution >= 0.6 is 11.6 Å². The Morgan fingerprint density at radius 2 is 1.97 bits per heavy atom. The van der Waals surface area contributed by atoms with E-state index < -0.39 is 5.60 Å². The summed E-state index contributed by atoms with van der Waals surface area (Å²) in [5, 5.41) is 4.71. The van der Waals surface area contributed by atoms with Gasteiger partial charge >= 0.3 is 6.03 Å². The number of likely N-dealkylation sites (tertiary alicyclic amines) is 1. The number of hydrogen-bond acceptors (Lipinski definition) is 3. The van der Waals surface area contributed by atoms with Crippen LogP contribution in [0.25, 0.3) is 10.9 Å². The number of nitrogens with one attached hydrogen (secondary N) is 1. The third-order valence-corrected chi connectivity index (χ3v) is 6.64. The fourth-order valence-corrected chi connectivity index (χ4v) is 4.77. The Balaban J connectivity index is 1.19. The quantitative estimate of drug-likeness (QED) is 0.640. The lowest BCUT2D eigenvalue weighted by molar-refractivity contribution is -0.000698. The van der Waals surface area contributed by atoms with Gasteiger partial charge in [-0.05, 0) is 47.3 Å². The zero-order valence-electron chi connectivity index (χ0n) is 17.4. The number of aryl methyl sites for hydroxylation is 1. The molecule has 2 aliphatic heterocycles. The monoisotopic (exact) mass is 437 g/mol. The lowest BCUT2D eigenvalue weighted by Gasteiger charge is -2.43. The molecule has 5 rings (SSSR count). The van der Waals surface area contributed by atoms with Crippen LogP contribution in [0.1, 0.15) is 35.2 Å². The second-order valence-electron chi connectivity index (χ2n) is 8.49. The van der Waals surface area contributed by atoms with Gasteiger partial charge in [-0.25, -0.2) is 4.79 Å². The summed E-state index contributed by atoms with van der Waals surface area (Å²) in [6.07, 6.45) is 3.61. The first-order chi connectivity index (χ1) is 14.9. The van der Waals surface area contributed by atoms with E-state index in [4.69, 9.17) is 16.3 Å². The molecule has 1 fully saturated rings. The Kier molecular flexibility index (Phi) is 4.89. The third-order valence-electron chi connectivity index (χ3n) is 6.41. The van der Waals surface area contributed by atoms with Crippen molar-refractivity contribution in [1.29, 1.82) is 0 Å². The van der Waals surface area contributed by atoms with Gasteiger partial charge in [-0.3, -0.25) is 4.79 Å². The number of rotatable bonds is 2. The van der Waals surface area contributed by atoms with Crippen molar-refractivity contribution in [2.24, 2.45) is 7.05 Å². The van der Waals surface area contributed by atoms with E-state index in [1.165, 1.54) is 5.52 Å². The summed E-state index contributed by atoms with van der Waals surface area (Å²) in [4.78, 5) is 27.1. The number of benzene rings is 2. The van der Waals surface area contributed by atoms with E-state index in [1.54, 1.807) is 23.1 Å². The number of hydrogen-bond donors (Lipinski definition) is 1. The molecule has 0 unspecified atom stereocenters. The molecule has 0 aliphatic carbocycles. The summed E-state index contributed by atoms with van der Waals surface area (Å²) in [7, 11) is 2.02. The number of amides is 2. The number of aromatic nitrogens is 1. The standard InChI is InChI=1S/C24H24ClN3O3/c1-27-9-6-17-12-16(2-4-20(17)27)15-26-23(30)28-10-7-24(8-11-28)14-21(29)19-13-18(25)3-5-22(19)31-24/h2-6,9,12-13H,7-8,10-11,14-15H2,1H3,(H,26,30). The lowest BCUT2D eigenvalue weighted by atomic mass is 9.82. The number of piperidine rings is 1. The minimum absolute atomic E-state index is 0.0537. The first-order valence-corrected chi connectivity index (χ1v) is 10.9. The molecule has 2 amide bonds. The maximum absolute atomic E-state index is 12.7. The average molecular weight is 438 g/mol. The third kappa shape index (κ3) is 3.76. The second-order valence-corrected chi connectivity index (χ2v) is 8.93. The molecule has 160 valence electrons. The zero-order chi connectivity index (χ0) is 21.6. The average Bonchev–Trinajstić information content (AvgIpc) is 3.13. The molecule has 1 saturated heterocycles. The van der Waals surface area contributed by atoms with E-state index in [9.17, 15) is 9.59 Å². The maximum atomic E-state index is 12.7. The van der Waals surface area contributed by atoms with Crippen LogP contribution in [-0.4, -0.2) is 40.0 Å². The largest absolute Gasteiger partial charge is 0.486 e. The Hall–Kier alpha value is -2.99. The Morgan fingerprint density at radius 1 is 1.16 bits per heavy atom. The number of ketones is 1. The summed E-state index contributed by atoms with van der Waals surface area (Å²) >= 11 is 6.02. The van der Waals surface area contributed by atoms with E-state index in [-0.39, 0.29) is 11.8 Å². The van der Waals surface area contributed by atoms with Gasteiger partial charge in [0.25, 0.3) is 0 Å². The summed E-state index contributed by atoms with van der Waals surface area (Å²) in [5.41, 5.74) is 2.25. The van der Waals surface area contributed by atoms with Gasteiger partial charge in [-0.2, -0.15) is 0 Å². The molecule has 1 aromatic heterocycles. The maximum Gasteiger partial charge on any atom is 0.317 e. The van der Waals surface area contributed by atoms with Gasteiger partial charge in [0.05, 0.1) is 12.0 Å². The highest BCUT2D eigenvalue weighted by Crippen LogP contribution is 2.40. The van der Waals surface area contributed by atoms with Gasteiger partial charge in [0.2, 0.25) is 0 Å². The van der Waals surface area contributed by atoms with E-state index in [1.807, 2.05) is 19.3 Å². The van der Waals surface area contributed by atoms with E-state index in [0.717, 1.165) is 10.9 Å². The summed E-state index contributed by atoms with van der Waals surface area (Å²) in [6, 6.07) is 13.4. The number of carbonyl (C=O) groups is 2. The molecule has 1 spiro atoms. The predicted octanol–water partition coefficient (Wildman–Crippen LogP) is 4.54. The van der Waals surface area contributed by atoms with Crippen LogP contribution in [0.15, 0.2) is 48.7 Å². The number of urea groups is 1. The van der Waals surface area contributed by atoms with Crippen LogP contribution in [-0.2, 0) is 13.6 Å². The minimum Gasteiger partial charge on any atom is -0.486 e. The number of fused-ring (bicyclic) bond motifs is 2. The summed E-state index contributed by atoms with van der Waals surface area (Å²) in [6.45, 7) is 1.59. The van der Waals surface area contributed by atoms with Gasteiger partial charge < -0.3 is 19.5 Å². The number of halogens is 1. The SMILES string of the molecule is Cn1ccc2cc(CNC(=O)N3CCC4(CC3)CC(=O)c3cc(Cl)ccc3O4)ccc21. The van der Waals surface area contributed by atoms with Crippen LogP contribution in [0.5, 0.6) is 5.75 Å². The van der Waals surface area contributed by atoms with Crippen LogP contribution in [0, 0.1) is 0 Å². The Bertz CT molecular complexity index is 1180. The van der Waals surface area contributed by atoms with Crippen molar-refractivity contribution in [2.45, 2.75) is 31.4 Å². The van der Waals surface area contributed by atoms with Crippen molar-refractivity contribution in [3.05, 3.63) is 64.8 Å². The van der Waals surface area contributed by atoms with Gasteiger partial charge in [-0.1, -0.05) is 17.7 Å². The van der Waals surface area contributed by atoms with Crippen LogP contribution in [0.4, 0.5) is 4.79 Å². The molecule has 0 radical (unpaired) electrons. The molecule has 0 atom stereocenters. The van der Waals surface area contributed by atoms with Crippen LogP contribution in [0.2, 0.25) is 5.02 Å².